The van der Waals surface area contributed by atoms with Gasteiger partial charge in [-0.1, -0.05) is 20.8 Å². The summed E-state index contributed by atoms with van der Waals surface area (Å²) >= 11 is 0. The molecular formula is C21H41N3O7Si. The van der Waals surface area contributed by atoms with Crippen molar-refractivity contribution in [3.63, 3.8) is 0 Å². The van der Waals surface area contributed by atoms with Gasteiger partial charge in [0.25, 0.3) is 0 Å². The van der Waals surface area contributed by atoms with Gasteiger partial charge in [0.1, 0.15) is 6.04 Å². The highest BCUT2D eigenvalue weighted by Gasteiger charge is 2.57. The van der Waals surface area contributed by atoms with Gasteiger partial charge in [0.15, 0.2) is 14.6 Å². The van der Waals surface area contributed by atoms with Crippen LogP contribution in [0.1, 0.15) is 59.8 Å². The SMILES string of the molecule is CCOC(=O)CNC(C[N+](=O)[O-])C1(C(=O)OCCCCC(C)(C)C)CCCN1O[SiH](C)C. The number of nitrogens with zero attached hydrogens (tertiary/aromatic N) is 2. The normalized spacial score (nSPS) is 20.3. The number of hydrogen-bond donors (Lipinski definition) is 1. The molecule has 1 N–H and O–H groups in total. The molecule has 1 aliphatic heterocycles. The van der Waals surface area contributed by atoms with Crippen LogP contribution in [0.25, 0.3) is 0 Å². The third-order valence-corrected chi connectivity index (χ3v) is 5.99. The van der Waals surface area contributed by atoms with E-state index >= 15 is 0 Å². The van der Waals surface area contributed by atoms with E-state index in [1.165, 1.54) is 0 Å². The number of unbranched alkanes of at least 4 members (excludes halogenated alkanes) is 1. The minimum absolute atomic E-state index is 0.205. The second-order valence-corrected chi connectivity index (χ2v) is 12.0. The van der Waals surface area contributed by atoms with Crippen LogP contribution in [0.15, 0.2) is 0 Å². The highest BCUT2D eigenvalue weighted by Crippen LogP contribution is 2.35. The summed E-state index contributed by atoms with van der Waals surface area (Å²) in [5.41, 5.74) is -1.15. The molecular weight excluding hydrogens is 434 g/mol. The van der Waals surface area contributed by atoms with Crippen LogP contribution < -0.4 is 5.32 Å². The van der Waals surface area contributed by atoms with Crippen molar-refractivity contribution >= 4 is 21.0 Å². The van der Waals surface area contributed by atoms with Crippen LogP contribution >= 0.6 is 0 Å². The van der Waals surface area contributed by atoms with Crippen LogP contribution in [0.4, 0.5) is 0 Å². The Morgan fingerprint density at radius 3 is 2.50 bits per heavy atom. The fraction of sp³-hybridized carbons (Fsp3) is 0.905. The average molecular weight is 476 g/mol. The van der Waals surface area contributed by atoms with E-state index < -0.39 is 44.0 Å². The fourth-order valence-corrected chi connectivity index (χ4v) is 4.71. The molecule has 10 nitrogen and oxygen atoms in total. The number of carbonyl (C=O) groups excluding carboxylic acids is 2. The summed E-state index contributed by atoms with van der Waals surface area (Å²) in [5.74, 6) is -1.07. The Morgan fingerprint density at radius 2 is 1.94 bits per heavy atom. The Kier molecular flexibility index (Phi) is 11.8. The van der Waals surface area contributed by atoms with Crippen molar-refractivity contribution in [3.8, 4) is 0 Å². The van der Waals surface area contributed by atoms with Crippen LogP contribution in [-0.4, -0.2) is 75.4 Å². The molecule has 1 saturated heterocycles. The smallest absolute Gasteiger partial charge is 0.330 e. The third-order valence-electron chi connectivity index (χ3n) is 5.32. The van der Waals surface area contributed by atoms with E-state index in [0.717, 1.165) is 19.3 Å². The van der Waals surface area contributed by atoms with Gasteiger partial charge >= 0.3 is 11.9 Å². The summed E-state index contributed by atoms with van der Waals surface area (Å²) in [7, 11) is -1.60. The lowest BCUT2D eigenvalue weighted by atomic mass is 9.87. The number of ether oxygens (including phenoxy) is 2. The first-order valence-corrected chi connectivity index (χ1v) is 14.3. The number of nitrogens with one attached hydrogen (secondary N) is 1. The molecule has 1 aliphatic rings. The summed E-state index contributed by atoms with van der Waals surface area (Å²) in [5, 5.41) is 15.9. The molecule has 0 bridgehead atoms. The summed E-state index contributed by atoms with van der Waals surface area (Å²) in [6.07, 6.45) is 3.63. The lowest BCUT2D eigenvalue weighted by molar-refractivity contribution is -0.486. The molecule has 0 saturated carbocycles. The van der Waals surface area contributed by atoms with Gasteiger partial charge in [-0.2, -0.15) is 5.06 Å². The van der Waals surface area contributed by atoms with Crippen LogP contribution in [0.3, 0.4) is 0 Å². The minimum Gasteiger partial charge on any atom is -0.465 e. The topological polar surface area (TPSA) is 120 Å². The van der Waals surface area contributed by atoms with E-state index in [2.05, 4.69) is 26.1 Å². The van der Waals surface area contributed by atoms with E-state index in [9.17, 15) is 19.7 Å². The lowest BCUT2D eigenvalue weighted by Gasteiger charge is -2.40. The number of esters is 2. The van der Waals surface area contributed by atoms with E-state index in [0.29, 0.717) is 19.4 Å². The molecule has 186 valence electrons. The zero-order chi connectivity index (χ0) is 24.4. The molecule has 0 aromatic rings. The minimum atomic E-state index is -1.60. The molecule has 1 rings (SSSR count). The van der Waals surface area contributed by atoms with Gasteiger partial charge in [-0.3, -0.25) is 20.2 Å². The van der Waals surface area contributed by atoms with Crippen molar-refractivity contribution in [2.45, 2.75) is 84.5 Å². The molecule has 32 heavy (non-hydrogen) atoms. The quantitative estimate of drug-likeness (QED) is 0.133. The molecule has 0 aromatic heterocycles. The zero-order valence-electron chi connectivity index (χ0n) is 20.5. The van der Waals surface area contributed by atoms with Gasteiger partial charge < -0.3 is 14.0 Å². The van der Waals surface area contributed by atoms with Crippen LogP contribution in [0, 0.1) is 15.5 Å². The van der Waals surface area contributed by atoms with Gasteiger partial charge in [-0.25, -0.2) is 4.79 Å². The molecule has 2 atom stereocenters. The Balaban J connectivity index is 3.04. The summed E-state index contributed by atoms with van der Waals surface area (Å²) in [6.45, 7) is 12.2. The van der Waals surface area contributed by atoms with Gasteiger partial charge in [-0.15, -0.1) is 0 Å². The first kappa shape index (κ1) is 28.5. The van der Waals surface area contributed by atoms with Crippen molar-refractivity contribution in [3.05, 3.63) is 10.1 Å². The standard InChI is InChI=1S/C21H41N3O7Si/c1-7-29-18(25)15-22-17(16-24(27)28)21(12-10-13-23(21)31-32(5)6)19(26)30-14-9-8-11-20(2,3)4/h17,22,32H,7-16H2,1-6H3. The summed E-state index contributed by atoms with van der Waals surface area (Å²) in [6, 6.07) is -0.959. The molecule has 0 aromatic carbocycles. The Morgan fingerprint density at radius 1 is 1.25 bits per heavy atom. The average Bonchev–Trinajstić information content (AvgIpc) is 3.07. The first-order valence-electron chi connectivity index (χ1n) is 11.5. The van der Waals surface area contributed by atoms with E-state index in [1.54, 1.807) is 12.0 Å². The van der Waals surface area contributed by atoms with Crippen LogP contribution in [-0.2, 0) is 23.6 Å². The molecule has 0 aliphatic carbocycles. The number of carbonyl (C=O) groups is 2. The Hall–Kier alpha value is -1.56. The fourth-order valence-electron chi connectivity index (χ4n) is 3.91. The van der Waals surface area contributed by atoms with Crippen molar-refractivity contribution in [1.82, 2.24) is 10.4 Å². The maximum absolute atomic E-state index is 13.4. The number of rotatable bonds is 14. The highest BCUT2D eigenvalue weighted by molar-refractivity contribution is 6.48. The zero-order valence-corrected chi connectivity index (χ0v) is 21.6. The molecule has 1 fully saturated rings. The predicted octanol–water partition coefficient (Wildman–Crippen LogP) is 2.29. The maximum Gasteiger partial charge on any atom is 0.330 e. The molecule has 11 heteroatoms. The van der Waals surface area contributed by atoms with E-state index in [4.69, 9.17) is 14.0 Å². The second kappa shape index (κ2) is 13.2. The molecule has 0 spiro atoms. The van der Waals surface area contributed by atoms with Gasteiger partial charge in [-0.05, 0) is 57.5 Å². The number of nitro groups is 1. The van der Waals surface area contributed by atoms with Crippen molar-refractivity contribution in [1.29, 1.82) is 0 Å². The van der Waals surface area contributed by atoms with Gasteiger partial charge in [0, 0.05) is 11.5 Å². The molecule has 0 amide bonds. The Bertz CT molecular complexity index is 627. The van der Waals surface area contributed by atoms with E-state index in [1.807, 2.05) is 13.1 Å². The number of hydrogen-bond acceptors (Lipinski definition) is 9. The van der Waals surface area contributed by atoms with Crippen LogP contribution in [0.5, 0.6) is 0 Å². The highest BCUT2D eigenvalue weighted by atomic mass is 28.3. The third kappa shape index (κ3) is 9.12. The van der Waals surface area contributed by atoms with Gasteiger partial charge in [0.2, 0.25) is 6.54 Å². The van der Waals surface area contributed by atoms with E-state index in [-0.39, 0.29) is 25.2 Å². The molecule has 2 unspecified atom stereocenters. The predicted molar refractivity (Wildman–Crippen MR) is 123 cm³/mol. The molecule has 0 radical (unpaired) electrons. The summed E-state index contributed by atoms with van der Waals surface area (Å²) < 4.78 is 16.6. The lowest BCUT2D eigenvalue weighted by Crippen LogP contribution is -2.66. The maximum atomic E-state index is 13.4. The number of hydroxylamine groups is 2. The van der Waals surface area contributed by atoms with Crippen molar-refractivity contribution in [2.75, 3.05) is 32.8 Å². The van der Waals surface area contributed by atoms with Gasteiger partial charge in [0.05, 0.1) is 19.8 Å². The van der Waals surface area contributed by atoms with Crippen LogP contribution in [0.2, 0.25) is 13.1 Å². The summed E-state index contributed by atoms with van der Waals surface area (Å²) in [4.78, 5) is 36.3. The van der Waals surface area contributed by atoms with Crippen molar-refractivity contribution in [2.24, 2.45) is 5.41 Å². The Labute approximate surface area is 193 Å². The largest absolute Gasteiger partial charge is 0.465 e. The molecule has 1 heterocycles. The monoisotopic (exact) mass is 475 g/mol. The second-order valence-electron chi connectivity index (χ2n) is 9.69. The first-order chi connectivity index (χ1) is 14.9. The van der Waals surface area contributed by atoms with Crippen molar-refractivity contribution < 1.29 is 28.5 Å².